The predicted molar refractivity (Wildman–Crippen MR) is 64.5 cm³/mol. The summed E-state index contributed by atoms with van der Waals surface area (Å²) >= 11 is 5.85. The molecule has 1 aliphatic rings. The van der Waals surface area contributed by atoms with Crippen LogP contribution in [0.2, 0.25) is 5.02 Å². The van der Waals surface area contributed by atoms with Crippen LogP contribution >= 0.6 is 11.6 Å². The monoisotopic (exact) mass is 271 g/mol. The molecule has 1 fully saturated rings. The van der Waals surface area contributed by atoms with Crippen LogP contribution in [0.4, 0.5) is 0 Å². The van der Waals surface area contributed by atoms with Gasteiger partial charge in [0.1, 0.15) is 5.69 Å². The third-order valence-electron chi connectivity index (χ3n) is 3.11. The molecule has 0 radical (unpaired) electrons. The molecular weight excluding hydrogens is 258 g/mol. The molecule has 1 saturated heterocycles. The Hall–Kier alpha value is -1.56. The van der Waals surface area contributed by atoms with Crippen molar-refractivity contribution in [1.29, 1.82) is 0 Å². The summed E-state index contributed by atoms with van der Waals surface area (Å²) in [7, 11) is 0. The molecule has 98 valence electrons. The number of hydrogen-bond donors (Lipinski definition) is 2. The van der Waals surface area contributed by atoms with Gasteiger partial charge in [-0.2, -0.15) is 5.10 Å². The van der Waals surface area contributed by atoms with E-state index in [1.54, 1.807) is 4.90 Å². The highest BCUT2D eigenvalue weighted by Gasteiger charge is 2.30. The molecule has 2 rings (SSSR count). The normalized spacial score (nSPS) is 19.8. The Bertz CT molecular complexity index is 460. The number of H-pyrrole nitrogens is 1. The van der Waals surface area contributed by atoms with Gasteiger partial charge < -0.3 is 10.0 Å². The van der Waals surface area contributed by atoms with Crippen LogP contribution in [0.3, 0.4) is 0 Å². The second-order valence-electron chi connectivity index (χ2n) is 4.34. The first-order chi connectivity index (χ1) is 8.59. The standard InChI is InChI=1S/C11H14ClN3O3/c12-8-6-13-14-10(8)11(18)15-4-2-1-3-7(15)5-9(16)17/h6-7H,1-5H2,(H,13,14)(H,16,17). The van der Waals surface area contributed by atoms with Crippen LogP contribution in [0.25, 0.3) is 0 Å². The number of carbonyl (C=O) groups excluding carboxylic acids is 1. The molecule has 18 heavy (non-hydrogen) atoms. The van der Waals surface area contributed by atoms with Crippen molar-refractivity contribution < 1.29 is 14.7 Å². The molecule has 0 aromatic carbocycles. The number of carboxylic acids is 1. The summed E-state index contributed by atoms with van der Waals surface area (Å²) in [5.41, 5.74) is 0.231. The van der Waals surface area contributed by atoms with Crippen LogP contribution in [0, 0.1) is 0 Å². The lowest BCUT2D eigenvalue weighted by molar-refractivity contribution is -0.138. The first-order valence-electron chi connectivity index (χ1n) is 5.81. The Balaban J connectivity index is 2.16. The molecule has 0 saturated carbocycles. The lowest BCUT2D eigenvalue weighted by Crippen LogP contribution is -2.45. The number of hydrogen-bond acceptors (Lipinski definition) is 3. The molecule has 2 N–H and O–H groups in total. The highest BCUT2D eigenvalue weighted by Crippen LogP contribution is 2.23. The average molecular weight is 272 g/mol. The Kier molecular flexibility index (Phi) is 3.86. The van der Waals surface area contributed by atoms with Gasteiger partial charge in [0.05, 0.1) is 17.6 Å². The Labute approximate surface area is 109 Å². The number of carbonyl (C=O) groups is 2. The molecule has 7 heteroatoms. The van der Waals surface area contributed by atoms with Crippen molar-refractivity contribution >= 4 is 23.5 Å². The fraction of sp³-hybridized carbons (Fsp3) is 0.545. The van der Waals surface area contributed by atoms with Gasteiger partial charge in [0.2, 0.25) is 0 Å². The lowest BCUT2D eigenvalue weighted by Gasteiger charge is -2.34. The van der Waals surface area contributed by atoms with Gasteiger partial charge in [0, 0.05) is 12.6 Å². The number of aromatic nitrogens is 2. The van der Waals surface area contributed by atoms with Gasteiger partial charge in [-0.1, -0.05) is 11.6 Å². The number of nitrogens with one attached hydrogen (secondary N) is 1. The van der Waals surface area contributed by atoms with Crippen molar-refractivity contribution in [3.05, 3.63) is 16.9 Å². The SMILES string of the molecule is O=C(O)CC1CCCCN1C(=O)c1[nH]ncc1Cl. The van der Waals surface area contributed by atoms with Crippen LogP contribution in [-0.4, -0.2) is 44.7 Å². The Morgan fingerprint density at radius 3 is 2.94 bits per heavy atom. The molecule has 1 atom stereocenters. The van der Waals surface area contributed by atoms with E-state index in [0.717, 1.165) is 12.8 Å². The van der Waals surface area contributed by atoms with Crippen LogP contribution < -0.4 is 0 Å². The van der Waals surface area contributed by atoms with E-state index in [9.17, 15) is 9.59 Å². The van der Waals surface area contributed by atoms with Crippen LogP contribution in [0.15, 0.2) is 6.20 Å². The number of amides is 1. The Morgan fingerprint density at radius 2 is 2.33 bits per heavy atom. The summed E-state index contributed by atoms with van der Waals surface area (Å²) in [5.74, 6) is -1.17. The topological polar surface area (TPSA) is 86.3 Å². The minimum Gasteiger partial charge on any atom is -0.481 e. The van der Waals surface area contributed by atoms with Crippen LogP contribution in [0.1, 0.15) is 36.2 Å². The molecule has 0 spiro atoms. The van der Waals surface area contributed by atoms with Crippen molar-refractivity contribution in [1.82, 2.24) is 15.1 Å². The number of aliphatic carboxylic acids is 1. The Morgan fingerprint density at radius 1 is 1.56 bits per heavy atom. The van der Waals surface area contributed by atoms with E-state index in [-0.39, 0.29) is 29.1 Å². The van der Waals surface area contributed by atoms with Crippen LogP contribution in [0.5, 0.6) is 0 Å². The molecular formula is C11H14ClN3O3. The fourth-order valence-corrected chi connectivity index (χ4v) is 2.42. The van der Waals surface area contributed by atoms with Crippen molar-refractivity contribution in [2.75, 3.05) is 6.54 Å². The zero-order valence-electron chi connectivity index (χ0n) is 9.73. The number of aromatic amines is 1. The average Bonchev–Trinajstić information content (AvgIpc) is 2.74. The minimum atomic E-state index is -0.893. The smallest absolute Gasteiger partial charge is 0.305 e. The highest BCUT2D eigenvalue weighted by molar-refractivity contribution is 6.33. The molecule has 1 unspecified atom stereocenters. The maximum atomic E-state index is 12.3. The van der Waals surface area contributed by atoms with Crippen molar-refractivity contribution in [2.24, 2.45) is 0 Å². The number of nitrogens with zero attached hydrogens (tertiary/aromatic N) is 2. The molecule has 0 bridgehead atoms. The van der Waals surface area contributed by atoms with Gasteiger partial charge in [-0.15, -0.1) is 0 Å². The highest BCUT2D eigenvalue weighted by atomic mass is 35.5. The second-order valence-corrected chi connectivity index (χ2v) is 4.75. The van der Waals surface area contributed by atoms with E-state index < -0.39 is 5.97 Å². The first-order valence-corrected chi connectivity index (χ1v) is 6.19. The summed E-state index contributed by atoms with van der Waals surface area (Å²) < 4.78 is 0. The second kappa shape index (κ2) is 5.39. The van der Waals surface area contributed by atoms with E-state index in [2.05, 4.69) is 10.2 Å². The molecule has 1 aromatic heterocycles. The fourth-order valence-electron chi connectivity index (χ4n) is 2.25. The number of rotatable bonds is 3. The van der Waals surface area contributed by atoms with Gasteiger partial charge >= 0.3 is 5.97 Å². The van der Waals surface area contributed by atoms with E-state index in [1.807, 2.05) is 0 Å². The first kappa shape index (κ1) is 12.9. The molecule has 2 heterocycles. The number of carboxylic acid groups (broad SMARTS) is 1. The summed E-state index contributed by atoms with van der Waals surface area (Å²) in [5, 5.41) is 15.4. The maximum Gasteiger partial charge on any atom is 0.305 e. The van der Waals surface area contributed by atoms with Gasteiger partial charge in [0.25, 0.3) is 5.91 Å². The van der Waals surface area contributed by atoms with Gasteiger partial charge in [-0.05, 0) is 19.3 Å². The zero-order valence-corrected chi connectivity index (χ0v) is 10.5. The number of piperidine rings is 1. The summed E-state index contributed by atoms with van der Waals surface area (Å²) in [4.78, 5) is 24.6. The van der Waals surface area contributed by atoms with E-state index in [1.165, 1.54) is 6.20 Å². The minimum absolute atomic E-state index is 0.0303. The van der Waals surface area contributed by atoms with Gasteiger partial charge in [-0.25, -0.2) is 0 Å². The maximum absolute atomic E-state index is 12.3. The van der Waals surface area contributed by atoms with Crippen molar-refractivity contribution in [3.8, 4) is 0 Å². The van der Waals surface area contributed by atoms with Crippen molar-refractivity contribution in [3.63, 3.8) is 0 Å². The lowest BCUT2D eigenvalue weighted by atomic mass is 9.99. The van der Waals surface area contributed by atoms with Crippen molar-refractivity contribution in [2.45, 2.75) is 31.7 Å². The number of halogens is 1. The van der Waals surface area contributed by atoms with Crippen LogP contribution in [-0.2, 0) is 4.79 Å². The third kappa shape index (κ3) is 2.64. The van der Waals surface area contributed by atoms with Gasteiger partial charge in [-0.3, -0.25) is 14.7 Å². The molecule has 1 aromatic rings. The predicted octanol–water partition coefficient (Wildman–Crippen LogP) is 1.53. The van der Waals surface area contributed by atoms with E-state index >= 15 is 0 Å². The zero-order chi connectivity index (χ0) is 13.1. The van der Waals surface area contributed by atoms with Gasteiger partial charge in [0.15, 0.2) is 0 Å². The summed E-state index contributed by atoms with van der Waals surface area (Å²) in [6.07, 6.45) is 3.87. The van der Waals surface area contributed by atoms with E-state index in [0.29, 0.717) is 13.0 Å². The molecule has 6 nitrogen and oxygen atoms in total. The number of likely N-dealkylation sites (tertiary alicyclic amines) is 1. The summed E-state index contributed by atoms with van der Waals surface area (Å²) in [6, 6.07) is -0.261. The van der Waals surface area contributed by atoms with E-state index in [4.69, 9.17) is 16.7 Å². The third-order valence-corrected chi connectivity index (χ3v) is 3.39. The summed E-state index contributed by atoms with van der Waals surface area (Å²) in [6.45, 7) is 0.562. The largest absolute Gasteiger partial charge is 0.481 e. The quantitative estimate of drug-likeness (QED) is 0.873. The molecule has 1 amide bonds. The molecule has 1 aliphatic heterocycles. The molecule has 0 aliphatic carbocycles.